The number of pyridine rings is 1. The number of aromatic nitrogens is 1. The molecule has 2 N–H and O–H groups in total. The Morgan fingerprint density at radius 2 is 2.36 bits per heavy atom. The fourth-order valence-corrected chi connectivity index (χ4v) is 1.12. The first-order valence-corrected chi connectivity index (χ1v) is 4.65. The second kappa shape index (κ2) is 3.65. The van der Waals surface area contributed by atoms with E-state index in [4.69, 9.17) is 10.5 Å². The molecule has 0 aliphatic heterocycles. The Morgan fingerprint density at radius 1 is 1.57 bits per heavy atom. The monoisotopic (exact) mass is 192 g/mol. The number of hydrogen-bond acceptors (Lipinski definition) is 4. The van der Waals surface area contributed by atoms with Crippen LogP contribution in [0.3, 0.4) is 0 Å². The van der Waals surface area contributed by atoms with Crippen molar-refractivity contribution in [1.29, 1.82) is 0 Å². The number of nitrogens with two attached hydrogens (primary N) is 1. The van der Waals surface area contributed by atoms with Crippen LogP contribution in [0.4, 0.5) is 5.82 Å². The van der Waals surface area contributed by atoms with Crippen LogP contribution in [0.2, 0.25) is 0 Å². The highest BCUT2D eigenvalue weighted by atomic mass is 16.5. The summed E-state index contributed by atoms with van der Waals surface area (Å²) in [7, 11) is 0. The predicted octanol–water partition coefficient (Wildman–Crippen LogP) is 1.23. The number of nitrogen functional groups attached to an aromatic ring is 1. The second-order valence-corrected chi connectivity index (χ2v) is 3.49. The van der Waals surface area contributed by atoms with E-state index in [1.54, 1.807) is 18.2 Å². The van der Waals surface area contributed by atoms with Gasteiger partial charge in [-0.3, -0.25) is 0 Å². The fourth-order valence-electron chi connectivity index (χ4n) is 1.12. The van der Waals surface area contributed by atoms with Gasteiger partial charge in [0, 0.05) is 0 Å². The molecule has 0 saturated heterocycles. The summed E-state index contributed by atoms with van der Waals surface area (Å²) in [6.45, 7) is 0.509. The molecule has 1 aliphatic rings. The van der Waals surface area contributed by atoms with Gasteiger partial charge in [0.15, 0.2) is 5.69 Å². The van der Waals surface area contributed by atoms with Crippen LogP contribution in [0.1, 0.15) is 23.3 Å². The standard InChI is InChI=1S/C10H12N2O2/c11-9-3-1-2-8(12-9)10(13)14-6-7-4-5-7/h1-3,7H,4-6H2,(H2,11,12). The molecule has 1 aromatic rings. The van der Waals surface area contributed by atoms with Crippen molar-refractivity contribution in [3.8, 4) is 0 Å². The zero-order chi connectivity index (χ0) is 9.97. The van der Waals surface area contributed by atoms with E-state index in [1.807, 2.05) is 0 Å². The maximum absolute atomic E-state index is 11.4. The van der Waals surface area contributed by atoms with Crippen molar-refractivity contribution in [2.24, 2.45) is 5.92 Å². The van der Waals surface area contributed by atoms with Crippen molar-refractivity contribution < 1.29 is 9.53 Å². The minimum atomic E-state index is -0.385. The smallest absolute Gasteiger partial charge is 0.357 e. The minimum Gasteiger partial charge on any atom is -0.461 e. The van der Waals surface area contributed by atoms with E-state index in [1.165, 1.54) is 0 Å². The average molecular weight is 192 g/mol. The Bertz CT molecular complexity index is 348. The van der Waals surface area contributed by atoms with Gasteiger partial charge in [-0.1, -0.05) is 6.07 Å². The van der Waals surface area contributed by atoms with Gasteiger partial charge in [-0.25, -0.2) is 9.78 Å². The number of carbonyl (C=O) groups is 1. The number of ether oxygens (including phenoxy) is 1. The van der Waals surface area contributed by atoms with Gasteiger partial charge >= 0.3 is 5.97 Å². The third-order valence-electron chi connectivity index (χ3n) is 2.13. The highest BCUT2D eigenvalue weighted by Gasteiger charge is 2.23. The predicted molar refractivity (Wildman–Crippen MR) is 51.7 cm³/mol. The van der Waals surface area contributed by atoms with Crippen LogP contribution in [-0.4, -0.2) is 17.6 Å². The van der Waals surface area contributed by atoms with Crippen molar-refractivity contribution in [2.75, 3.05) is 12.3 Å². The van der Waals surface area contributed by atoms with E-state index in [2.05, 4.69) is 4.98 Å². The zero-order valence-electron chi connectivity index (χ0n) is 7.77. The van der Waals surface area contributed by atoms with Crippen LogP contribution >= 0.6 is 0 Å². The summed E-state index contributed by atoms with van der Waals surface area (Å²) in [5, 5.41) is 0. The highest BCUT2D eigenvalue weighted by molar-refractivity contribution is 5.87. The lowest BCUT2D eigenvalue weighted by molar-refractivity contribution is 0.0479. The molecule has 1 fully saturated rings. The normalized spacial score (nSPS) is 15.1. The third-order valence-corrected chi connectivity index (χ3v) is 2.13. The number of rotatable bonds is 3. The van der Waals surface area contributed by atoms with Crippen LogP contribution in [0.15, 0.2) is 18.2 Å². The molecule has 4 heteroatoms. The number of esters is 1. The molecule has 1 aliphatic carbocycles. The molecular formula is C10H12N2O2. The molecule has 14 heavy (non-hydrogen) atoms. The zero-order valence-corrected chi connectivity index (χ0v) is 7.77. The Kier molecular flexibility index (Phi) is 2.35. The van der Waals surface area contributed by atoms with Gasteiger partial charge in [0.25, 0.3) is 0 Å². The van der Waals surface area contributed by atoms with Crippen molar-refractivity contribution in [2.45, 2.75) is 12.8 Å². The van der Waals surface area contributed by atoms with Crippen molar-refractivity contribution in [3.63, 3.8) is 0 Å². The van der Waals surface area contributed by atoms with Gasteiger partial charge in [-0.05, 0) is 30.9 Å². The summed E-state index contributed by atoms with van der Waals surface area (Å²) in [6.07, 6.45) is 2.33. The first-order valence-electron chi connectivity index (χ1n) is 4.65. The number of anilines is 1. The molecule has 0 atom stereocenters. The van der Waals surface area contributed by atoms with Gasteiger partial charge in [-0.15, -0.1) is 0 Å². The Balaban J connectivity index is 1.95. The fraction of sp³-hybridized carbons (Fsp3) is 0.400. The molecular weight excluding hydrogens is 180 g/mol. The molecule has 0 amide bonds. The van der Waals surface area contributed by atoms with Crippen LogP contribution in [0, 0.1) is 5.92 Å². The molecule has 0 unspecified atom stereocenters. The van der Waals surface area contributed by atoms with E-state index < -0.39 is 0 Å². The molecule has 1 aromatic heterocycles. The summed E-state index contributed by atoms with van der Waals surface area (Å²) < 4.78 is 5.05. The summed E-state index contributed by atoms with van der Waals surface area (Å²) in [4.78, 5) is 15.3. The van der Waals surface area contributed by atoms with Crippen LogP contribution in [0.25, 0.3) is 0 Å². The molecule has 1 saturated carbocycles. The lowest BCUT2D eigenvalue weighted by Gasteiger charge is -2.02. The molecule has 0 aromatic carbocycles. The minimum absolute atomic E-state index is 0.283. The second-order valence-electron chi connectivity index (χ2n) is 3.49. The average Bonchev–Trinajstić information content (AvgIpc) is 2.97. The molecule has 0 bridgehead atoms. The summed E-state index contributed by atoms with van der Waals surface area (Å²) in [5.41, 5.74) is 5.73. The van der Waals surface area contributed by atoms with E-state index in [0.29, 0.717) is 18.3 Å². The first kappa shape index (κ1) is 8.99. The Labute approximate surface area is 82.1 Å². The largest absolute Gasteiger partial charge is 0.461 e. The van der Waals surface area contributed by atoms with Gasteiger partial charge in [0.05, 0.1) is 6.61 Å². The number of nitrogens with zero attached hydrogens (tertiary/aromatic N) is 1. The Morgan fingerprint density at radius 3 is 3.00 bits per heavy atom. The number of hydrogen-bond donors (Lipinski definition) is 1. The molecule has 4 nitrogen and oxygen atoms in total. The summed E-state index contributed by atoms with van der Waals surface area (Å²) in [5.74, 6) is 0.523. The third kappa shape index (κ3) is 2.22. The first-order chi connectivity index (χ1) is 6.75. The molecule has 2 rings (SSSR count). The van der Waals surface area contributed by atoms with Crippen molar-refractivity contribution in [3.05, 3.63) is 23.9 Å². The van der Waals surface area contributed by atoms with E-state index in [0.717, 1.165) is 12.8 Å². The topological polar surface area (TPSA) is 65.2 Å². The van der Waals surface area contributed by atoms with Crippen LogP contribution < -0.4 is 5.73 Å². The van der Waals surface area contributed by atoms with Gasteiger partial charge in [0.1, 0.15) is 5.82 Å². The van der Waals surface area contributed by atoms with Gasteiger partial charge < -0.3 is 10.5 Å². The maximum Gasteiger partial charge on any atom is 0.357 e. The van der Waals surface area contributed by atoms with Crippen LogP contribution in [-0.2, 0) is 4.74 Å². The number of carbonyl (C=O) groups excluding carboxylic acids is 1. The summed E-state index contributed by atoms with van der Waals surface area (Å²) in [6, 6.07) is 4.93. The molecule has 0 radical (unpaired) electrons. The summed E-state index contributed by atoms with van der Waals surface area (Å²) >= 11 is 0. The SMILES string of the molecule is Nc1cccc(C(=O)OCC2CC2)n1. The molecule has 0 spiro atoms. The van der Waals surface area contributed by atoms with Crippen molar-refractivity contribution >= 4 is 11.8 Å². The molecule has 1 heterocycles. The highest BCUT2D eigenvalue weighted by Crippen LogP contribution is 2.28. The lowest BCUT2D eigenvalue weighted by Crippen LogP contribution is -2.10. The lowest BCUT2D eigenvalue weighted by atomic mass is 10.3. The van der Waals surface area contributed by atoms with E-state index >= 15 is 0 Å². The van der Waals surface area contributed by atoms with Crippen LogP contribution in [0.5, 0.6) is 0 Å². The van der Waals surface area contributed by atoms with E-state index in [-0.39, 0.29) is 11.7 Å². The van der Waals surface area contributed by atoms with E-state index in [9.17, 15) is 4.79 Å². The Hall–Kier alpha value is -1.58. The maximum atomic E-state index is 11.4. The van der Waals surface area contributed by atoms with Crippen molar-refractivity contribution in [1.82, 2.24) is 4.98 Å². The molecule has 74 valence electrons. The van der Waals surface area contributed by atoms with Gasteiger partial charge in [-0.2, -0.15) is 0 Å². The van der Waals surface area contributed by atoms with Gasteiger partial charge in [0.2, 0.25) is 0 Å². The quantitative estimate of drug-likeness (QED) is 0.731.